The van der Waals surface area contributed by atoms with Gasteiger partial charge in [-0.25, -0.2) is 4.79 Å². The second-order valence-electron chi connectivity index (χ2n) is 8.62. The van der Waals surface area contributed by atoms with Crippen LogP contribution in [0.4, 0.5) is 5.00 Å². The number of anilines is 1. The van der Waals surface area contributed by atoms with Gasteiger partial charge in [0.15, 0.2) is 6.61 Å². The summed E-state index contributed by atoms with van der Waals surface area (Å²) in [6, 6.07) is 13.7. The Labute approximate surface area is 207 Å². The molecule has 0 saturated heterocycles. The van der Waals surface area contributed by atoms with E-state index in [0.717, 1.165) is 27.6 Å². The molecule has 33 heavy (non-hydrogen) atoms. The Morgan fingerprint density at radius 2 is 1.79 bits per heavy atom. The highest BCUT2D eigenvalue weighted by atomic mass is 79.9. The van der Waals surface area contributed by atoms with Crippen molar-refractivity contribution < 1.29 is 19.1 Å². The van der Waals surface area contributed by atoms with E-state index in [1.54, 1.807) is 0 Å². The molecule has 1 N–H and O–H groups in total. The summed E-state index contributed by atoms with van der Waals surface area (Å²) < 4.78 is 11.8. The van der Waals surface area contributed by atoms with Gasteiger partial charge in [0.25, 0.3) is 5.91 Å². The molecule has 174 valence electrons. The van der Waals surface area contributed by atoms with Crippen molar-refractivity contribution in [2.24, 2.45) is 0 Å². The molecule has 0 aliphatic carbocycles. The molecule has 3 aromatic rings. The Morgan fingerprint density at radius 3 is 2.39 bits per heavy atom. The summed E-state index contributed by atoms with van der Waals surface area (Å²) >= 11 is 4.78. The van der Waals surface area contributed by atoms with Crippen LogP contribution in [0, 0.1) is 0 Å². The second kappa shape index (κ2) is 10.5. The number of hydrogen-bond acceptors (Lipinski definition) is 5. The highest BCUT2D eigenvalue weighted by Gasteiger charge is 2.23. The van der Waals surface area contributed by atoms with Crippen LogP contribution in [0.5, 0.6) is 5.75 Å². The molecule has 5 nitrogen and oxygen atoms in total. The number of rotatable bonds is 7. The summed E-state index contributed by atoms with van der Waals surface area (Å²) in [5.41, 5.74) is 4.03. The number of carbonyl (C=O) groups excluding carboxylic acids is 2. The first-order chi connectivity index (χ1) is 15.6. The largest absolute Gasteiger partial charge is 0.483 e. The molecule has 0 aliphatic heterocycles. The number of halogens is 1. The fourth-order valence-electron chi connectivity index (χ4n) is 3.41. The molecule has 0 bridgehead atoms. The van der Waals surface area contributed by atoms with E-state index < -0.39 is 5.97 Å². The van der Waals surface area contributed by atoms with Crippen molar-refractivity contribution in [3.63, 3.8) is 0 Å². The molecule has 7 heteroatoms. The monoisotopic (exact) mass is 529 g/mol. The zero-order valence-electron chi connectivity index (χ0n) is 19.5. The fraction of sp³-hybridized carbons (Fsp3) is 0.308. The normalized spacial score (nSPS) is 11.2. The molecule has 0 unspecified atom stereocenters. The summed E-state index contributed by atoms with van der Waals surface area (Å²) in [4.78, 5) is 25.3. The van der Waals surface area contributed by atoms with Gasteiger partial charge in [0.1, 0.15) is 16.3 Å². The van der Waals surface area contributed by atoms with Crippen LogP contribution in [0.25, 0.3) is 11.1 Å². The van der Waals surface area contributed by atoms with E-state index in [9.17, 15) is 9.59 Å². The number of benzene rings is 2. The minimum absolute atomic E-state index is 0.149. The minimum Gasteiger partial charge on any atom is -0.483 e. The van der Waals surface area contributed by atoms with Crippen molar-refractivity contribution in [2.75, 3.05) is 19.0 Å². The third kappa shape index (κ3) is 6.03. The fourth-order valence-corrected chi connectivity index (χ4v) is 4.74. The van der Waals surface area contributed by atoms with Crippen LogP contribution in [0.1, 0.15) is 49.2 Å². The van der Waals surface area contributed by atoms with E-state index in [-0.39, 0.29) is 17.9 Å². The highest BCUT2D eigenvalue weighted by Crippen LogP contribution is 2.37. The van der Waals surface area contributed by atoms with Crippen molar-refractivity contribution >= 4 is 44.1 Å². The lowest BCUT2D eigenvalue weighted by molar-refractivity contribution is -0.118. The average Bonchev–Trinajstić information content (AvgIpc) is 3.20. The number of thiophene rings is 1. The number of carbonyl (C=O) groups is 2. The van der Waals surface area contributed by atoms with Gasteiger partial charge in [0.05, 0.1) is 7.11 Å². The zero-order chi connectivity index (χ0) is 24.2. The van der Waals surface area contributed by atoms with Crippen molar-refractivity contribution in [1.29, 1.82) is 0 Å². The summed E-state index contributed by atoms with van der Waals surface area (Å²) in [6.07, 6.45) is 0.935. The van der Waals surface area contributed by atoms with Gasteiger partial charge in [-0.2, -0.15) is 0 Å². The Morgan fingerprint density at radius 1 is 1.09 bits per heavy atom. The van der Waals surface area contributed by atoms with Crippen LogP contribution < -0.4 is 10.1 Å². The zero-order valence-corrected chi connectivity index (χ0v) is 21.9. The van der Waals surface area contributed by atoms with Crippen LogP contribution in [-0.4, -0.2) is 25.6 Å². The van der Waals surface area contributed by atoms with E-state index in [2.05, 4.69) is 48.9 Å². The molecule has 0 saturated carbocycles. The lowest BCUT2D eigenvalue weighted by Crippen LogP contribution is -2.22. The Kier molecular flexibility index (Phi) is 7.97. The number of methoxy groups -OCH3 is 1. The molecule has 3 rings (SSSR count). The molecular weight excluding hydrogens is 502 g/mol. The van der Waals surface area contributed by atoms with Gasteiger partial charge in [-0.3, -0.25) is 4.79 Å². The predicted octanol–water partition coefficient (Wildman–Crippen LogP) is 6.84. The number of ether oxygens (including phenoxy) is 2. The van der Waals surface area contributed by atoms with Gasteiger partial charge >= 0.3 is 5.97 Å². The molecule has 0 radical (unpaired) electrons. The molecule has 0 fully saturated rings. The molecule has 0 spiro atoms. The first-order valence-electron chi connectivity index (χ1n) is 10.7. The number of esters is 1. The van der Waals surface area contributed by atoms with Crippen molar-refractivity contribution in [1.82, 2.24) is 0 Å². The Hall–Kier alpha value is -2.64. The summed E-state index contributed by atoms with van der Waals surface area (Å²) in [5.74, 6) is -0.195. The molecule has 1 heterocycles. The summed E-state index contributed by atoms with van der Waals surface area (Å²) in [7, 11) is 1.33. The van der Waals surface area contributed by atoms with Gasteiger partial charge < -0.3 is 14.8 Å². The lowest BCUT2D eigenvalue weighted by Gasteiger charge is -2.23. The van der Waals surface area contributed by atoms with Crippen molar-refractivity contribution in [3.05, 3.63) is 69.0 Å². The van der Waals surface area contributed by atoms with Crippen LogP contribution in [0.3, 0.4) is 0 Å². The number of hydrogen-bond donors (Lipinski definition) is 1. The van der Waals surface area contributed by atoms with E-state index in [4.69, 9.17) is 9.47 Å². The second-order valence-corrected chi connectivity index (χ2v) is 10.4. The topological polar surface area (TPSA) is 64.6 Å². The van der Waals surface area contributed by atoms with Gasteiger partial charge in [0.2, 0.25) is 0 Å². The highest BCUT2D eigenvalue weighted by molar-refractivity contribution is 9.10. The van der Waals surface area contributed by atoms with Gasteiger partial charge in [-0.1, -0.05) is 67.9 Å². The summed E-state index contributed by atoms with van der Waals surface area (Å²) in [6.45, 7) is 8.18. The van der Waals surface area contributed by atoms with Crippen molar-refractivity contribution in [2.45, 2.75) is 39.5 Å². The van der Waals surface area contributed by atoms with E-state index >= 15 is 0 Å². The third-order valence-corrected chi connectivity index (χ3v) is 6.60. The molecule has 1 amide bonds. The van der Waals surface area contributed by atoms with Crippen LogP contribution >= 0.6 is 27.3 Å². The maximum absolute atomic E-state index is 12.7. The smallest absolute Gasteiger partial charge is 0.341 e. The summed E-state index contributed by atoms with van der Waals surface area (Å²) in [5, 5.41) is 5.12. The van der Waals surface area contributed by atoms with Crippen molar-refractivity contribution in [3.8, 4) is 16.9 Å². The van der Waals surface area contributed by atoms with Crippen LogP contribution in [0.15, 0.2) is 52.3 Å². The standard InChI is InChI=1S/C26H28BrNO4S/c1-6-16-7-9-17(10-8-16)19-15-33-24(23(19)25(30)31-5)28-22(29)14-32-21-12-11-18(27)13-20(21)26(2,3)4/h7-13,15H,6,14H2,1-5H3,(H,28,29). The molecule has 1 aromatic heterocycles. The number of amides is 1. The molecule has 0 atom stereocenters. The Bertz CT molecular complexity index is 1150. The Balaban J connectivity index is 1.80. The maximum Gasteiger partial charge on any atom is 0.341 e. The van der Waals surface area contributed by atoms with E-state index in [0.29, 0.717) is 16.3 Å². The van der Waals surface area contributed by atoms with E-state index in [1.165, 1.54) is 24.0 Å². The van der Waals surface area contributed by atoms with E-state index in [1.807, 2.05) is 47.8 Å². The maximum atomic E-state index is 12.7. The number of aryl methyl sites for hydroxylation is 1. The van der Waals surface area contributed by atoms with Gasteiger partial charge in [-0.05, 0) is 41.2 Å². The van der Waals surface area contributed by atoms with Crippen LogP contribution in [-0.2, 0) is 21.4 Å². The van der Waals surface area contributed by atoms with Crippen LogP contribution in [0.2, 0.25) is 0 Å². The molecular formula is C26H28BrNO4S. The predicted molar refractivity (Wildman–Crippen MR) is 137 cm³/mol. The first-order valence-corrected chi connectivity index (χ1v) is 12.3. The molecule has 0 aliphatic rings. The first kappa shape index (κ1) is 25.0. The van der Waals surface area contributed by atoms with Gasteiger partial charge in [-0.15, -0.1) is 11.3 Å². The molecule has 2 aromatic carbocycles. The third-order valence-electron chi connectivity index (χ3n) is 5.22. The lowest BCUT2D eigenvalue weighted by atomic mass is 9.86. The average molecular weight is 530 g/mol. The minimum atomic E-state index is -0.495. The quantitative estimate of drug-likeness (QED) is 0.340. The van der Waals surface area contributed by atoms with Gasteiger partial charge in [0, 0.05) is 21.0 Å². The SMILES string of the molecule is CCc1ccc(-c2csc(NC(=O)COc3ccc(Br)cc3C(C)(C)C)c2C(=O)OC)cc1. The number of nitrogens with one attached hydrogen (secondary N) is 1.